The van der Waals surface area contributed by atoms with E-state index in [0.29, 0.717) is 23.9 Å². The van der Waals surface area contributed by atoms with Crippen LogP contribution in [0.3, 0.4) is 0 Å². The molecule has 1 aromatic heterocycles. The minimum Gasteiger partial charge on any atom is -0.383 e. The van der Waals surface area contributed by atoms with Gasteiger partial charge in [-0.1, -0.05) is 12.1 Å². The van der Waals surface area contributed by atoms with E-state index in [1.807, 2.05) is 20.8 Å². The molecule has 9 heteroatoms. The van der Waals surface area contributed by atoms with Crippen molar-refractivity contribution in [2.45, 2.75) is 32.9 Å². The average molecular weight is 408 g/mol. The number of nitrogens with one attached hydrogen (secondary N) is 2. The number of para-hydroxylation sites is 1. The van der Waals surface area contributed by atoms with Crippen molar-refractivity contribution in [3.63, 3.8) is 0 Å². The van der Waals surface area contributed by atoms with Crippen LogP contribution >= 0.6 is 11.3 Å². The van der Waals surface area contributed by atoms with Crippen molar-refractivity contribution < 1.29 is 18.7 Å². The highest BCUT2D eigenvalue weighted by Gasteiger charge is 2.20. The minimum atomic E-state index is -0.516. The van der Waals surface area contributed by atoms with Crippen LogP contribution in [-0.4, -0.2) is 47.6 Å². The smallest absolute Gasteiger partial charge is 0.322 e. The van der Waals surface area contributed by atoms with E-state index < -0.39 is 11.8 Å². The molecule has 7 nitrogen and oxygen atoms in total. The number of urea groups is 1. The van der Waals surface area contributed by atoms with Crippen LogP contribution in [0.2, 0.25) is 0 Å². The molecule has 0 spiro atoms. The number of hydrogen-bond donors (Lipinski definition) is 2. The van der Waals surface area contributed by atoms with Crippen LogP contribution in [0.15, 0.2) is 29.6 Å². The first kappa shape index (κ1) is 21.8. The Bertz CT molecular complexity index is 820. The highest BCUT2D eigenvalue weighted by molar-refractivity contribution is 7.09. The normalized spacial score (nSPS) is 11.2. The summed E-state index contributed by atoms with van der Waals surface area (Å²) in [6.07, 6.45) is 0. The molecular weight excluding hydrogens is 383 g/mol. The number of halogens is 1. The highest BCUT2D eigenvalue weighted by Crippen LogP contribution is 2.16. The first-order valence-electron chi connectivity index (χ1n) is 8.76. The van der Waals surface area contributed by atoms with Gasteiger partial charge in [-0.15, -0.1) is 11.3 Å². The molecule has 0 fully saturated rings. The molecule has 0 bridgehead atoms. The van der Waals surface area contributed by atoms with Crippen LogP contribution in [0, 0.1) is 5.82 Å². The van der Waals surface area contributed by atoms with Crippen LogP contribution in [0.5, 0.6) is 0 Å². The minimum absolute atomic E-state index is 0.0966. The van der Waals surface area contributed by atoms with Gasteiger partial charge in [0.15, 0.2) is 0 Å². The van der Waals surface area contributed by atoms with Crippen molar-refractivity contribution in [3.05, 3.63) is 46.2 Å². The Morgan fingerprint density at radius 1 is 1.29 bits per heavy atom. The SMILES string of the molecule is COCCN(Cc1nc(C(=O)NC(C)(C)C)cs1)C(=O)Nc1ccccc1F. The maximum Gasteiger partial charge on any atom is 0.322 e. The van der Waals surface area contributed by atoms with Crippen LogP contribution in [0.1, 0.15) is 36.3 Å². The Morgan fingerprint density at radius 3 is 2.64 bits per heavy atom. The lowest BCUT2D eigenvalue weighted by molar-refractivity contribution is 0.0915. The fourth-order valence-electron chi connectivity index (χ4n) is 2.27. The standard InChI is InChI=1S/C19H25FN4O3S/c1-19(2,3)23-17(25)15-12-28-16(21-15)11-24(9-10-27-4)18(26)22-14-8-6-5-7-13(14)20/h5-8,12H,9-11H2,1-4H3,(H,22,26)(H,23,25). The van der Waals surface area contributed by atoms with Gasteiger partial charge in [-0.3, -0.25) is 4.79 Å². The second-order valence-corrected chi connectivity index (χ2v) is 8.10. The summed E-state index contributed by atoms with van der Waals surface area (Å²) in [5.41, 5.74) is 0.0285. The first-order chi connectivity index (χ1) is 13.2. The molecule has 152 valence electrons. The van der Waals surface area contributed by atoms with E-state index >= 15 is 0 Å². The summed E-state index contributed by atoms with van der Waals surface area (Å²) in [5.74, 6) is -0.785. The van der Waals surface area contributed by atoms with Crippen LogP contribution in [0.25, 0.3) is 0 Å². The summed E-state index contributed by atoms with van der Waals surface area (Å²) in [6, 6.07) is 5.47. The number of nitrogens with zero attached hydrogens (tertiary/aromatic N) is 2. The molecule has 0 atom stereocenters. The molecule has 0 aliphatic carbocycles. The number of amides is 3. The highest BCUT2D eigenvalue weighted by atomic mass is 32.1. The van der Waals surface area contributed by atoms with E-state index in [9.17, 15) is 14.0 Å². The molecule has 1 aromatic carbocycles. The number of carbonyl (C=O) groups excluding carboxylic acids is 2. The number of ether oxygens (including phenoxy) is 1. The van der Waals surface area contributed by atoms with Crippen molar-refractivity contribution in [1.82, 2.24) is 15.2 Å². The van der Waals surface area contributed by atoms with E-state index in [-0.39, 0.29) is 23.7 Å². The van der Waals surface area contributed by atoms with Gasteiger partial charge in [-0.2, -0.15) is 0 Å². The molecule has 0 aliphatic rings. The number of methoxy groups -OCH3 is 1. The van der Waals surface area contributed by atoms with Crippen molar-refractivity contribution in [2.75, 3.05) is 25.6 Å². The number of rotatable bonds is 7. The number of anilines is 1. The van der Waals surface area contributed by atoms with E-state index in [1.54, 1.807) is 17.5 Å². The summed E-state index contributed by atoms with van der Waals surface area (Å²) in [6.45, 7) is 6.44. The van der Waals surface area contributed by atoms with Gasteiger partial charge in [0.05, 0.1) is 18.8 Å². The van der Waals surface area contributed by atoms with Crippen LogP contribution in [-0.2, 0) is 11.3 Å². The molecule has 0 saturated carbocycles. The van der Waals surface area contributed by atoms with Crippen molar-refractivity contribution in [2.24, 2.45) is 0 Å². The number of thiazole rings is 1. The van der Waals surface area contributed by atoms with Gasteiger partial charge in [-0.05, 0) is 32.9 Å². The van der Waals surface area contributed by atoms with Crippen molar-refractivity contribution >= 4 is 29.0 Å². The van der Waals surface area contributed by atoms with Gasteiger partial charge in [0.1, 0.15) is 16.5 Å². The van der Waals surface area contributed by atoms with Crippen molar-refractivity contribution in [3.8, 4) is 0 Å². The quantitative estimate of drug-likeness (QED) is 0.735. The second kappa shape index (κ2) is 9.61. The van der Waals surface area contributed by atoms with Crippen molar-refractivity contribution in [1.29, 1.82) is 0 Å². The molecular formula is C19H25FN4O3S. The third kappa shape index (κ3) is 6.58. The monoisotopic (exact) mass is 408 g/mol. The number of benzene rings is 1. The summed E-state index contributed by atoms with van der Waals surface area (Å²) in [7, 11) is 1.53. The van der Waals surface area contributed by atoms with Crippen LogP contribution in [0.4, 0.5) is 14.9 Å². The Morgan fingerprint density at radius 2 is 2.00 bits per heavy atom. The number of aromatic nitrogens is 1. The maximum absolute atomic E-state index is 13.8. The fraction of sp³-hybridized carbons (Fsp3) is 0.421. The van der Waals surface area contributed by atoms with E-state index in [0.717, 1.165) is 0 Å². The zero-order valence-corrected chi connectivity index (χ0v) is 17.2. The molecule has 28 heavy (non-hydrogen) atoms. The predicted molar refractivity (Wildman–Crippen MR) is 107 cm³/mol. The Labute approximate surface area is 167 Å². The third-order valence-electron chi connectivity index (χ3n) is 3.57. The topological polar surface area (TPSA) is 83.6 Å². The first-order valence-corrected chi connectivity index (χ1v) is 9.64. The lowest BCUT2D eigenvalue weighted by Crippen LogP contribution is -2.40. The van der Waals surface area contributed by atoms with Gasteiger partial charge in [0.2, 0.25) is 0 Å². The summed E-state index contributed by atoms with van der Waals surface area (Å²) >= 11 is 1.28. The second-order valence-electron chi connectivity index (χ2n) is 7.15. The molecule has 2 aromatic rings. The molecule has 0 radical (unpaired) electrons. The zero-order valence-electron chi connectivity index (χ0n) is 16.4. The van der Waals surface area contributed by atoms with Gasteiger partial charge in [0, 0.05) is 24.6 Å². The predicted octanol–water partition coefficient (Wildman–Crippen LogP) is 3.49. The van der Waals surface area contributed by atoms with Gasteiger partial charge in [-0.25, -0.2) is 14.2 Å². The fourth-order valence-corrected chi connectivity index (χ4v) is 3.06. The van der Waals surface area contributed by atoms with Gasteiger partial charge >= 0.3 is 6.03 Å². The molecule has 0 saturated heterocycles. The van der Waals surface area contributed by atoms with E-state index in [2.05, 4.69) is 15.6 Å². The molecule has 3 amide bonds. The molecule has 1 heterocycles. The largest absolute Gasteiger partial charge is 0.383 e. The zero-order chi connectivity index (χ0) is 20.7. The average Bonchev–Trinajstić information content (AvgIpc) is 3.08. The van der Waals surface area contributed by atoms with E-state index in [1.165, 1.54) is 35.5 Å². The molecule has 0 unspecified atom stereocenters. The lowest BCUT2D eigenvalue weighted by atomic mass is 10.1. The maximum atomic E-state index is 13.8. The Hall–Kier alpha value is -2.52. The van der Waals surface area contributed by atoms with Gasteiger partial charge in [0.25, 0.3) is 5.91 Å². The Kier molecular flexibility index (Phi) is 7.47. The van der Waals surface area contributed by atoms with E-state index in [4.69, 9.17) is 4.74 Å². The van der Waals surface area contributed by atoms with Crippen LogP contribution < -0.4 is 10.6 Å². The third-order valence-corrected chi connectivity index (χ3v) is 4.40. The lowest BCUT2D eigenvalue weighted by Gasteiger charge is -2.22. The summed E-state index contributed by atoms with van der Waals surface area (Å²) in [5, 5.41) is 7.65. The Balaban J connectivity index is 2.08. The summed E-state index contributed by atoms with van der Waals surface area (Å²) in [4.78, 5) is 30.6. The summed E-state index contributed by atoms with van der Waals surface area (Å²) < 4.78 is 18.9. The molecule has 0 aliphatic heterocycles. The molecule has 2 N–H and O–H groups in total. The molecule has 2 rings (SSSR count). The number of hydrogen-bond acceptors (Lipinski definition) is 5. The van der Waals surface area contributed by atoms with Gasteiger partial charge < -0.3 is 20.3 Å². The number of carbonyl (C=O) groups is 2.